The zero-order valence-corrected chi connectivity index (χ0v) is 11.6. The second-order valence-corrected chi connectivity index (χ2v) is 5.21. The van der Waals surface area contributed by atoms with E-state index in [1.807, 2.05) is 29.2 Å². The number of carboxylic acids is 1. The number of hydrogen-bond donors (Lipinski definition) is 2. The van der Waals surface area contributed by atoms with E-state index in [1.54, 1.807) is 12.3 Å². The Kier molecular flexibility index (Phi) is 3.48. The van der Waals surface area contributed by atoms with Crippen LogP contribution >= 0.6 is 0 Å². The summed E-state index contributed by atoms with van der Waals surface area (Å²) in [5.41, 5.74) is 7.04. The number of fused-ring (bicyclic) bond motifs is 1. The first-order valence-electron chi connectivity index (χ1n) is 6.99. The number of hydrogen-bond acceptors (Lipinski definition) is 4. The summed E-state index contributed by atoms with van der Waals surface area (Å²) in [5.74, 6) is -0.396. The fraction of sp³-hybridized carbons (Fsp3) is 0.250. The van der Waals surface area contributed by atoms with Crippen LogP contribution in [0.1, 0.15) is 18.4 Å². The predicted molar refractivity (Wildman–Crippen MR) is 82.6 cm³/mol. The van der Waals surface area contributed by atoms with E-state index in [4.69, 9.17) is 5.73 Å². The number of nitrogen functional groups attached to an aromatic ring is 1. The Morgan fingerprint density at radius 1 is 1.29 bits per heavy atom. The van der Waals surface area contributed by atoms with Gasteiger partial charge in [0.2, 0.25) is 0 Å². The van der Waals surface area contributed by atoms with Gasteiger partial charge in [0.05, 0.1) is 0 Å². The quantitative estimate of drug-likeness (QED) is 0.845. The summed E-state index contributed by atoms with van der Waals surface area (Å²) < 4.78 is 0. The molecule has 21 heavy (non-hydrogen) atoms. The minimum atomic E-state index is -0.883. The molecule has 108 valence electrons. The van der Waals surface area contributed by atoms with Gasteiger partial charge in [0.1, 0.15) is 11.5 Å². The molecule has 0 bridgehead atoms. The van der Waals surface area contributed by atoms with Crippen LogP contribution in [0.3, 0.4) is 0 Å². The van der Waals surface area contributed by atoms with E-state index in [1.165, 1.54) is 0 Å². The van der Waals surface area contributed by atoms with Crippen molar-refractivity contribution in [1.29, 1.82) is 0 Å². The molecular weight excluding hydrogens is 266 g/mol. The van der Waals surface area contributed by atoms with Crippen LogP contribution in [0.4, 0.5) is 5.82 Å². The number of pyridine rings is 1. The third-order valence-electron chi connectivity index (χ3n) is 3.79. The molecule has 3 N–H and O–H groups in total. The van der Waals surface area contributed by atoms with Crippen molar-refractivity contribution < 1.29 is 9.90 Å². The van der Waals surface area contributed by atoms with Crippen molar-refractivity contribution in [1.82, 2.24) is 9.88 Å². The summed E-state index contributed by atoms with van der Waals surface area (Å²) in [7, 11) is 0. The molecule has 3 rings (SSSR count). The van der Waals surface area contributed by atoms with E-state index in [0.717, 1.165) is 42.3 Å². The Balaban J connectivity index is 2.02. The van der Waals surface area contributed by atoms with Crippen molar-refractivity contribution in [2.45, 2.75) is 12.8 Å². The first-order valence-corrected chi connectivity index (χ1v) is 6.99. The lowest BCUT2D eigenvalue weighted by atomic mass is 10.1. The molecular formula is C16H17N3O2. The second kappa shape index (κ2) is 5.44. The standard InChI is InChI=1S/C16H17N3O2/c17-15-13-4-3-11(9-12(13)5-6-18-15)10-14(16(20)21)19-7-1-2-8-19/h3-6,9-10H,1-2,7-8H2,(H2,17,18)(H,20,21)/b14-10-. The van der Waals surface area contributed by atoms with Gasteiger partial charge >= 0.3 is 5.97 Å². The maximum absolute atomic E-state index is 11.5. The molecule has 1 fully saturated rings. The summed E-state index contributed by atoms with van der Waals surface area (Å²) in [4.78, 5) is 17.4. The van der Waals surface area contributed by atoms with Gasteiger partial charge in [-0.05, 0) is 42.0 Å². The third kappa shape index (κ3) is 2.67. The summed E-state index contributed by atoms with van der Waals surface area (Å²) in [5, 5.41) is 11.3. The number of nitrogens with two attached hydrogens (primary N) is 1. The molecule has 0 aliphatic carbocycles. The average Bonchev–Trinajstić information content (AvgIpc) is 2.98. The largest absolute Gasteiger partial charge is 0.477 e. The van der Waals surface area contributed by atoms with Gasteiger partial charge in [0.25, 0.3) is 0 Å². The van der Waals surface area contributed by atoms with Gasteiger partial charge in [-0.3, -0.25) is 0 Å². The molecule has 5 nitrogen and oxygen atoms in total. The average molecular weight is 283 g/mol. The van der Waals surface area contributed by atoms with E-state index in [-0.39, 0.29) is 0 Å². The lowest BCUT2D eigenvalue weighted by Gasteiger charge is -2.18. The number of rotatable bonds is 3. The number of anilines is 1. The minimum absolute atomic E-state index is 0.355. The Labute approximate surface area is 122 Å². The van der Waals surface area contributed by atoms with Crippen molar-refractivity contribution in [2.24, 2.45) is 0 Å². The second-order valence-electron chi connectivity index (χ2n) is 5.21. The topological polar surface area (TPSA) is 79.4 Å². The molecule has 5 heteroatoms. The van der Waals surface area contributed by atoms with Crippen LogP contribution in [0.25, 0.3) is 16.8 Å². The number of carbonyl (C=O) groups is 1. The van der Waals surface area contributed by atoms with Crippen LogP contribution < -0.4 is 5.73 Å². The van der Waals surface area contributed by atoms with Crippen molar-refractivity contribution in [3.8, 4) is 0 Å². The monoisotopic (exact) mass is 283 g/mol. The fourth-order valence-electron chi connectivity index (χ4n) is 2.71. The SMILES string of the molecule is Nc1nccc2cc(/C=C(/C(=O)O)N3CCCC3)ccc12. The number of aromatic nitrogens is 1. The molecule has 1 aromatic heterocycles. The highest BCUT2D eigenvalue weighted by Crippen LogP contribution is 2.23. The van der Waals surface area contributed by atoms with Crippen LogP contribution in [0.2, 0.25) is 0 Å². The number of carboxylic acid groups (broad SMARTS) is 1. The Morgan fingerprint density at radius 2 is 2.05 bits per heavy atom. The van der Waals surface area contributed by atoms with Crippen molar-refractivity contribution >= 4 is 28.6 Å². The van der Waals surface area contributed by atoms with Crippen LogP contribution in [0.5, 0.6) is 0 Å². The summed E-state index contributed by atoms with van der Waals surface area (Å²) >= 11 is 0. The van der Waals surface area contributed by atoms with Crippen LogP contribution in [-0.2, 0) is 4.79 Å². The number of likely N-dealkylation sites (tertiary alicyclic amines) is 1. The minimum Gasteiger partial charge on any atom is -0.477 e. The Morgan fingerprint density at radius 3 is 2.76 bits per heavy atom. The summed E-state index contributed by atoms with van der Waals surface area (Å²) in [6.45, 7) is 1.62. The molecule has 1 aliphatic rings. The molecule has 2 aromatic rings. The molecule has 0 saturated carbocycles. The molecule has 0 spiro atoms. The Hall–Kier alpha value is -2.56. The Bertz CT molecular complexity index is 719. The van der Waals surface area contributed by atoms with Crippen molar-refractivity contribution in [3.05, 3.63) is 41.7 Å². The molecule has 0 atom stereocenters. The van der Waals surface area contributed by atoms with E-state index in [9.17, 15) is 9.90 Å². The molecule has 0 unspecified atom stereocenters. The molecule has 0 radical (unpaired) electrons. The number of aliphatic carboxylic acids is 1. The van der Waals surface area contributed by atoms with E-state index in [2.05, 4.69) is 4.98 Å². The fourth-order valence-corrected chi connectivity index (χ4v) is 2.71. The third-order valence-corrected chi connectivity index (χ3v) is 3.79. The van der Waals surface area contributed by atoms with E-state index in [0.29, 0.717) is 11.5 Å². The molecule has 1 aliphatic heterocycles. The van der Waals surface area contributed by atoms with Crippen molar-refractivity contribution in [2.75, 3.05) is 18.8 Å². The van der Waals surface area contributed by atoms with Crippen molar-refractivity contribution in [3.63, 3.8) is 0 Å². The highest BCUT2D eigenvalue weighted by atomic mass is 16.4. The van der Waals surface area contributed by atoms with Crippen LogP contribution in [0.15, 0.2) is 36.2 Å². The van der Waals surface area contributed by atoms with Crippen LogP contribution in [0, 0.1) is 0 Å². The van der Waals surface area contributed by atoms with E-state index >= 15 is 0 Å². The number of nitrogens with zero attached hydrogens (tertiary/aromatic N) is 2. The maximum atomic E-state index is 11.5. The smallest absolute Gasteiger partial charge is 0.352 e. The lowest BCUT2D eigenvalue weighted by Crippen LogP contribution is -2.24. The van der Waals surface area contributed by atoms with Gasteiger partial charge in [-0.2, -0.15) is 0 Å². The molecule has 0 amide bonds. The highest BCUT2D eigenvalue weighted by molar-refractivity contribution is 5.95. The van der Waals surface area contributed by atoms with Gasteiger partial charge in [-0.15, -0.1) is 0 Å². The summed E-state index contributed by atoms with van der Waals surface area (Å²) in [6.07, 6.45) is 5.47. The van der Waals surface area contributed by atoms with Gasteiger partial charge in [0.15, 0.2) is 0 Å². The molecule has 1 saturated heterocycles. The molecule has 2 heterocycles. The normalized spacial score (nSPS) is 15.6. The molecule has 1 aromatic carbocycles. The van der Waals surface area contributed by atoms with Gasteiger partial charge in [-0.25, -0.2) is 9.78 Å². The zero-order chi connectivity index (χ0) is 14.8. The van der Waals surface area contributed by atoms with Gasteiger partial charge in [0, 0.05) is 24.7 Å². The van der Waals surface area contributed by atoms with Crippen LogP contribution in [-0.4, -0.2) is 34.0 Å². The predicted octanol–water partition coefficient (Wildman–Crippen LogP) is 2.34. The highest BCUT2D eigenvalue weighted by Gasteiger charge is 2.20. The summed E-state index contributed by atoms with van der Waals surface area (Å²) in [6, 6.07) is 7.57. The first-order chi connectivity index (χ1) is 10.1. The maximum Gasteiger partial charge on any atom is 0.352 e. The zero-order valence-electron chi connectivity index (χ0n) is 11.6. The lowest BCUT2D eigenvalue weighted by molar-refractivity contribution is -0.134. The van der Waals surface area contributed by atoms with Gasteiger partial charge in [-0.1, -0.05) is 12.1 Å². The first kappa shape index (κ1) is 13.4. The van der Waals surface area contributed by atoms with Gasteiger partial charge < -0.3 is 15.7 Å². The van der Waals surface area contributed by atoms with E-state index < -0.39 is 5.97 Å². The number of benzene rings is 1.